The fourth-order valence-corrected chi connectivity index (χ4v) is 7.05. The van der Waals surface area contributed by atoms with Crippen molar-refractivity contribution >= 4 is 45.7 Å². The molecule has 0 bridgehead atoms. The smallest absolute Gasteiger partial charge is 0.301 e. The molecule has 1 saturated heterocycles. The van der Waals surface area contributed by atoms with Crippen molar-refractivity contribution in [2.45, 2.75) is 55.3 Å². The minimum absolute atomic E-state index is 0.00486. The number of fused-ring (bicyclic) bond motifs is 1. The van der Waals surface area contributed by atoms with Crippen LogP contribution in [0.2, 0.25) is 0 Å². The van der Waals surface area contributed by atoms with Crippen LogP contribution in [0, 0.1) is 0 Å². The summed E-state index contributed by atoms with van der Waals surface area (Å²) in [5, 5.41) is 20.5. The second-order valence-corrected chi connectivity index (χ2v) is 12.7. The van der Waals surface area contributed by atoms with E-state index in [4.69, 9.17) is 9.47 Å². The molecule has 0 saturated carbocycles. The van der Waals surface area contributed by atoms with Crippen molar-refractivity contribution in [2.24, 2.45) is 0 Å². The Kier molecular flexibility index (Phi) is 8.49. The molecule has 1 fully saturated rings. The predicted octanol–water partition coefficient (Wildman–Crippen LogP) is 6.96. The maximum absolute atomic E-state index is 13.6. The molecule has 8 nitrogen and oxygen atoms in total. The summed E-state index contributed by atoms with van der Waals surface area (Å²) in [6, 6.07) is 21.7. The lowest BCUT2D eigenvalue weighted by molar-refractivity contribution is -0.132. The summed E-state index contributed by atoms with van der Waals surface area (Å²) in [5.41, 5.74) is 3.19. The van der Waals surface area contributed by atoms with E-state index in [-0.39, 0.29) is 17.4 Å². The van der Waals surface area contributed by atoms with E-state index in [9.17, 15) is 14.7 Å². The Morgan fingerprint density at radius 3 is 2.65 bits per heavy atom. The second kappa shape index (κ2) is 12.6. The number of hydrogen-bond donors (Lipinski definition) is 1. The lowest BCUT2D eigenvalue weighted by Gasteiger charge is -2.22. The number of carbonyl (C=O) groups excluding carboxylic acids is 2. The summed E-state index contributed by atoms with van der Waals surface area (Å²) < 4.78 is 12.3. The van der Waals surface area contributed by atoms with Gasteiger partial charge < -0.3 is 14.6 Å². The van der Waals surface area contributed by atoms with Crippen LogP contribution in [0.5, 0.6) is 11.5 Å². The van der Waals surface area contributed by atoms with E-state index in [0.29, 0.717) is 45.1 Å². The standard InChI is InChI=1S/C33H31N3O5S2/c1-3-4-16-40-25-13-10-22(11-14-25)28-27(29(37)23-12-15-26-24(18-23)17-20(2)41-26)30(38)31(39)36(28)32-34-35-33(43-32)42-19-21-8-6-5-7-9-21/h5-15,18,20,28,37H,3-4,16-17,19H2,1-2H3/b29-27+. The van der Waals surface area contributed by atoms with E-state index in [1.54, 1.807) is 12.1 Å². The quantitative estimate of drug-likeness (QED) is 0.0512. The zero-order valence-electron chi connectivity index (χ0n) is 23.9. The molecule has 43 heavy (non-hydrogen) atoms. The van der Waals surface area contributed by atoms with Crippen molar-refractivity contribution in [1.29, 1.82) is 0 Å². The first-order chi connectivity index (χ1) is 20.9. The highest BCUT2D eigenvalue weighted by molar-refractivity contribution is 8.00. The number of unbranched alkanes of at least 4 members (excludes halogenated alkanes) is 1. The van der Waals surface area contributed by atoms with Crippen LogP contribution in [0.15, 0.2) is 82.7 Å². The summed E-state index contributed by atoms with van der Waals surface area (Å²) in [6.07, 6.45) is 2.69. The molecule has 1 N–H and O–H groups in total. The van der Waals surface area contributed by atoms with Gasteiger partial charge in [-0.15, -0.1) is 10.2 Å². The number of aliphatic hydroxyl groups is 1. The second-order valence-electron chi connectivity index (χ2n) is 10.5. The topological polar surface area (TPSA) is 102 Å². The highest BCUT2D eigenvalue weighted by Crippen LogP contribution is 2.45. The molecule has 10 heteroatoms. The molecule has 0 radical (unpaired) electrons. The van der Waals surface area contributed by atoms with Crippen molar-refractivity contribution in [3.63, 3.8) is 0 Å². The van der Waals surface area contributed by atoms with Gasteiger partial charge in [-0.3, -0.25) is 14.5 Å². The minimum Gasteiger partial charge on any atom is -0.507 e. The fraction of sp³-hybridized carbons (Fsp3) is 0.273. The van der Waals surface area contributed by atoms with Gasteiger partial charge in [0.05, 0.1) is 18.2 Å². The van der Waals surface area contributed by atoms with Crippen molar-refractivity contribution in [3.05, 3.63) is 101 Å². The molecule has 1 aromatic heterocycles. The van der Waals surface area contributed by atoms with E-state index in [2.05, 4.69) is 17.1 Å². The summed E-state index contributed by atoms with van der Waals surface area (Å²) in [4.78, 5) is 28.6. The summed E-state index contributed by atoms with van der Waals surface area (Å²) in [7, 11) is 0. The first kappa shape index (κ1) is 28.9. The molecule has 6 rings (SSSR count). The number of ether oxygens (including phenoxy) is 2. The van der Waals surface area contributed by atoms with Crippen molar-refractivity contribution < 1.29 is 24.2 Å². The first-order valence-corrected chi connectivity index (χ1v) is 16.1. The van der Waals surface area contributed by atoms with Gasteiger partial charge in [0, 0.05) is 17.7 Å². The average molecular weight is 614 g/mol. The van der Waals surface area contributed by atoms with E-state index < -0.39 is 17.7 Å². The van der Waals surface area contributed by atoms with Crippen LogP contribution in [-0.2, 0) is 21.8 Å². The number of rotatable bonds is 10. The Labute approximate surface area is 258 Å². The van der Waals surface area contributed by atoms with Gasteiger partial charge in [0.15, 0.2) is 4.34 Å². The molecular weight excluding hydrogens is 583 g/mol. The van der Waals surface area contributed by atoms with Gasteiger partial charge >= 0.3 is 5.91 Å². The number of ketones is 1. The number of thioether (sulfide) groups is 1. The van der Waals surface area contributed by atoms with Crippen molar-refractivity contribution in [3.8, 4) is 11.5 Å². The Balaban J connectivity index is 1.37. The zero-order chi connectivity index (χ0) is 29.9. The van der Waals surface area contributed by atoms with Gasteiger partial charge in [-0.25, -0.2) is 0 Å². The number of aliphatic hydroxyl groups excluding tert-OH is 1. The minimum atomic E-state index is -0.895. The van der Waals surface area contributed by atoms with E-state index >= 15 is 0 Å². The fourth-order valence-electron chi connectivity index (χ4n) is 5.23. The molecule has 3 aromatic carbocycles. The molecule has 2 atom stereocenters. The Morgan fingerprint density at radius 1 is 1.09 bits per heavy atom. The number of aromatic nitrogens is 2. The van der Waals surface area contributed by atoms with Gasteiger partial charge in [-0.1, -0.05) is 78.9 Å². The normalized spacial score (nSPS) is 19.0. The first-order valence-electron chi connectivity index (χ1n) is 14.3. The van der Waals surface area contributed by atoms with Gasteiger partial charge in [-0.05, 0) is 60.4 Å². The molecule has 4 aromatic rings. The van der Waals surface area contributed by atoms with Crippen LogP contribution in [-0.4, -0.2) is 39.7 Å². The number of amides is 1. The third-order valence-electron chi connectivity index (χ3n) is 7.38. The van der Waals surface area contributed by atoms with Gasteiger partial charge in [0.1, 0.15) is 23.4 Å². The number of anilines is 1. The van der Waals surface area contributed by atoms with Crippen molar-refractivity contribution in [1.82, 2.24) is 10.2 Å². The number of nitrogens with zero attached hydrogens (tertiary/aromatic N) is 3. The molecule has 0 spiro atoms. The van der Waals surface area contributed by atoms with Gasteiger partial charge in [0.25, 0.3) is 5.78 Å². The lowest BCUT2D eigenvalue weighted by Crippen LogP contribution is -2.29. The average Bonchev–Trinajstić information content (AvgIpc) is 3.71. The molecule has 2 aliphatic rings. The SMILES string of the molecule is CCCCOc1ccc(C2/C(=C(\O)c3ccc4c(c3)CC(C)O4)C(=O)C(=O)N2c2nnc(SCc3ccccc3)s2)cc1. The molecule has 0 aliphatic carbocycles. The largest absolute Gasteiger partial charge is 0.507 e. The summed E-state index contributed by atoms with van der Waals surface area (Å²) in [5.74, 6) is 0.372. The molecule has 2 unspecified atom stereocenters. The maximum Gasteiger partial charge on any atom is 0.301 e. The highest BCUT2D eigenvalue weighted by Gasteiger charge is 2.48. The van der Waals surface area contributed by atoms with Crippen LogP contribution in [0.3, 0.4) is 0 Å². The number of carbonyl (C=O) groups is 2. The van der Waals surface area contributed by atoms with Crippen LogP contribution in [0.25, 0.3) is 5.76 Å². The molecule has 2 aliphatic heterocycles. The number of benzene rings is 3. The van der Waals surface area contributed by atoms with E-state index in [1.807, 2.05) is 67.6 Å². The van der Waals surface area contributed by atoms with Gasteiger partial charge in [-0.2, -0.15) is 0 Å². The molecular formula is C33H31N3O5S2. The van der Waals surface area contributed by atoms with Gasteiger partial charge in [0.2, 0.25) is 5.13 Å². The maximum atomic E-state index is 13.6. The van der Waals surface area contributed by atoms with Crippen LogP contribution >= 0.6 is 23.1 Å². The molecule has 220 valence electrons. The van der Waals surface area contributed by atoms with Crippen molar-refractivity contribution in [2.75, 3.05) is 11.5 Å². The zero-order valence-corrected chi connectivity index (χ0v) is 25.5. The van der Waals surface area contributed by atoms with Crippen LogP contribution < -0.4 is 14.4 Å². The van der Waals surface area contributed by atoms with E-state index in [1.165, 1.54) is 28.0 Å². The summed E-state index contributed by atoms with van der Waals surface area (Å²) in [6.45, 7) is 4.68. The monoisotopic (exact) mass is 613 g/mol. The van der Waals surface area contributed by atoms with E-state index in [0.717, 1.165) is 29.7 Å². The number of Topliss-reactive ketones (excluding diaryl/α,β-unsaturated/α-hetero) is 1. The highest BCUT2D eigenvalue weighted by atomic mass is 32.2. The Hall–Kier alpha value is -4.15. The molecule has 1 amide bonds. The number of hydrogen-bond acceptors (Lipinski definition) is 9. The Bertz CT molecular complexity index is 1670. The van der Waals surface area contributed by atoms with Crippen LogP contribution in [0.1, 0.15) is 55.0 Å². The molecule has 3 heterocycles. The summed E-state index contributed by atoms with van der Waals surface area (Å²) >= 11 is 2.76. The predicted molar refractivity (Wildman–Crippen MR) is 168 cm³/mol. The van der Waals surface area contributed by atoms with Crippen LogP contribution in [0.4, 0.5) is 5.13 Å². The third-order valence-corrected chi connectivity index (χ3v) is 9.51. The lowest BCUT2D eigenvalue weighted by atomic mass is 9.94. The third kappa shape index (κ3) is 6.03. The Morgan fingerprint density at radius 2 is 1.88 bits per heavy atom.